The van der Waals surface area contributed by atoms with Crippen molar-refractivity contribution >= 4 is 11.3 Å². The highest BCUT2D eigenvalue weighted by Crippen LogP contribution is 2.29. The van der Waals surface area contributed by atoms with Crippen LogP contribution >= 0.6 is 11.3 Å². The van der Waals surface area contributed by atoms with Gasteiger partial charge in [-0.25, -0.2) is 0 Å². The summed E-state index contributed by atoms with van der Waals surface area (Å²) in [7, 11) is 0. The highest BCUT2D eigenvalue weighted by Gasteiger charge is 2.35. The Balaban J connectivity index is 1.94. The summed E-state index contributed by atoms with van der Waals surface area (Å²) >= 11 is 1.80. The van der Waals surface area contributed by atoms with Gasteiger partial charge in [0, 0.05) is 30.0 Å². The number of hydrogen-bond donors (Lipinski definition) is 1. The van der Waals surface area contributed by atoms with Crippen LogP contribution in [0.1, 0.15) is 18.2 Å². The molecule has 1 saturated heterocycles. The maximum atomic E-state index is 9.58. The van der Waals surface area contributed by atoms with Gasteiger partial charge in [-0.3, -0.25) is 4.90 Å². The summed E-state index contributed by atoms with van der Waals surface area (Å²) < 4.78 is 5.45. The van der Waals surface area contributed by atoms with Gasteiger partial charge < -0.3 is 9.84 Å². The molecule has 0 radical (unpaired) electrons. The van der Waals surface area contributed by atoms with Gasteiger partial charge >= 0.3 is 0 Å². The fourth-order valence-electron chi connectivity index (χ4n) is 2.33. The van der Waals surface area contributed by atoms with Crippen LogP contribution in [0.25, 0.3) is 0 Å². The van der Waals surface area contributed by atoms with Crippen LogP contribution < -0.4 is 0 Å². The van der Waals surface area contributed by atoms with Crippen LogP contribution in [-0.4, -0.2) is 42.9 Å². The van der Waals surface area contributed by atoms with Crippen molar-refractivity contribution in [1.82, 2.24) is 4.90 Å². The van der Waals surface area contributed by atoms with Crippen molar-refractivity contribution in [3.8, 4) is 0 Å². The van der Waals surface area contributed by atoms with Gasteiger partial charge in [-0.2, -0.15) is 0 Å². The van der Waals surface area contributed by atoms with Crippen LogP contribution in [-0.2, 0) is 11.3 Å². The minimum Gasteiger partial charge on any atom is -0.396 e. The Bertz CT molecular complexity index is 320. The minimum atomic E-state index is -0.0345. The number of rotatable bonds is 6. The summed E-state index contributed by atoms with van der Waals surface area (Å²) in [6, 6.07) is 4.26. The van der Waals surface area contributed by atoms with Crippen LogP contribution in [0.2, 0.25) is 0 Å². The molecule has 0 bridgehead atoms. The predicted octanol–water partition coefficient (Wildman–Crippen LogP) is 1.97. The molecule has 2 rings (SSSR count). The first-order valence-electron chi connectivity index (χ1n) is 6.21. The molecule has 0 aliphatic carbocycles. The zero-order valence-electron chi connectivity index (χ0n) is 10.4. The molecule has 1 aliphatic rings. The van der Waals surface area contributed by atoms with E-state index >= 15 is 0 Å². The van der Waals surface area contributed by atoms with E-state index in [0.717, 1.165) is 32.7 Å². The smallest absolute Gasteiger partial charge is 0.0557 e. The number of aliphatic hydroxyl groups excluding tert-OH is 1. The fourth-order valence-corrected chi connectivity index (χ4v) is 3.07. The molecule has 0 spiro atoms. The first-order valence-corrected chi connectivity index (χ1v) is 7.09. The van der Waals surface area contributed by atoms with E-state index in [4.69, 9.17) is 4.74 Å². The summed E-state index contributed by atoms with van der Waals surface area (Å²) in [6.07, 6.45) is 0.977. The Kier molecular flexibility index (Phi) is 4.56. The number of hydrogen-bond acceptors (Lipinski definition) is 4. The molecule has 0 amide bonds. The lowest BCUT2D eigenvalue weighted by atomic mass is 9.87. The number of aliphatic hydroxyl groups is 1. The van der Waals surface area contributed by atoms with Crippen molar-refractivity contribution in [2.45, 2.75) is 19.9 Å². The zero-order valence-corrected chi connectivity index (χ0v) is 11.2. The molecule has 1 aromatic heterocycles. The van der Waals surface area contributed by atoms with Crippen LogP contribution in [0.15, 0.2) is 17.5 Å². The van der Waals surface area contributed by atoms with E-state index < -0.39 is 0 Å². The largest absolute Gasteiger partial charge is 0.396 e. The quantitative estimate of drug-likeness (QED) is 0.843. The van der Waals surface area contributed by atoms with Gasteiger partial charge in [-0.15, -0.1) is 11.3 Å². The van der Waals surface area contributed by atoms with Crippen molar-refractivity contribution in [3.05, 3.63) is 22.4 Å². The van der Waals surface area contributed by atoms with Gasteiger partial charge in [0.25, 0.3) is 0 Å². The van der Waals surface area contributed by atoms with Crippen molar-refractivity contribution in [3.63, 3.8) is 0 Å². The van der Waals surface area contributed by atoms with E-state index in [-0.39, 0.29) is 12.0 Å². The van der Waals surface area contributed by atoms with E-state index in [1.165, 1.54) is 4.88 Å². The molecule has 1 unspecified atom stereocenters. The van der Waals surface area contributed by atoms with E-state index in [9.17, 15) is 5.11 Å². The average Bonchev–Trinajstić information content (AvgIpc) is 3.00. The van der Waals surface area contributed by atoms with Gasteiger partial charge in [0.1, 0.15) is 0 Å². The molecule has 0 saturated carbocycles. The lowest BCUT2D eigenvalue weighted by Crippen LogP contribution is -2.40. The Morgan fingerprint density at radius 1 is 1.59 bits per heavy atom. The Morgan fingerprint density at radius 2 is 2.47 bits per heavy atom. The van der Waals surface area contributed by atoms with Crippen LogP contribution in [0.4, 0.5) is 0 Å². The molecule has 96 valence electrons. The molecular weight excluding hydrogens is 234 g/mol. The normalized spacial score (nSPS) is 24.6. The lowest BCUT2D eigenvalue weighted by Gasteiger charge is -2.32. The van der Waals surface area contributed by atoms with Crippen LogP contribution in [0.5, 0.6) is 0 Å². The van der Waals surface area contributed by atoms with Gasteiger partial charge in [0.05, 0.1) is 13.2 Å². The van der Waals surface area contributed by atoms with Crippen molar-refractivity contribution in [2.75, 3.05) is 32.9 Å². The average molecular weight is 255 g/mol. The van der Waals surface area contributed by atoms with E-state index in [1.807, 2.05) is 0 Å². The molecular formula is C13H21NO2S. The summed E-state index contributed by atoms with van der Waals surface area (Å²) in [4.78, 5) is 3.79. The molecule has 4 heteroatoms. The van der Waals surface area contributed by atoms with E-state index in [2.05, 4.69) is 29.3 Å². The third-order valence-electron chi connectivity index (χ3n) is 3.49. The molecule has 1 N–H and O–H groups in total. The summed E-state index contributed by atoms with van der Waals surface area (Å²) in [5, 5.41) is 11.7. The van der Waals surface area contributed by atoms with Crippen molar-refractivity contribution in [2.24, 2.45) is 5.41 Å². The van der Waals surface area contributed by atoms with Gasteiger partial charge in [-0.1, -0.05) is 13.0 Å². The molecule has 1 aliphatic heterocycles. The molecule has 1 atom stereocenters. The third kappa shape index (κ3) is 3.28. The van der Waals surface area contributed by atoms with Crippen LogP contribution in [0.3, 0.4) is 0 Å². The summed E-state index contributed by atoms with van der Waals surface area (Å²) in [5.41, 5.74) is -0.0345. The monoisotopic (exact) mass is 255 g/mol. The summed E-state index contributed by atoms with van der Waals surface area (Å²) in [6.45, 7) is 6.82. The van der Waals surface area contributed by atoms with Gasteiger partial charge in [0.15, 0.2) is 0 Å². The topological polar surface area (TPSA) is 32.7 Å². The van der Waals surface area contributed by atoms with E-state index in [1.54, 1.807) is 11.3 Å². The predicted molar refractivity (Wildman–Crippen MR) is 70.2 cm³/mol. The minimum absolute atomic E-state index is 0.0345. The zero-order chi connectivity index (χ0) is 12.1. The summed E-state index contributed by atoms with van der Waals surface area (Å²) in [5.74, 6) is 0. The molecule has 0 aromatic carbocycles. The Hall–Kier alpha value is -0.420. The molecule has 2 heterocycles. The second-order valence-electron chi connectivity index (χ2n) is 4.84. The fraction of sp³-hybridized carbons (Fsp3) is 0.692. The van der Waals surface area contributed by atoms with Crippen LogP contribution in [0, 0.1) is 5.41 Å². The van der Waals surface area contributed by atoms with Crippen molar-refractivity contribution < 1.29 is 9.84 Å². The molecule has 1 fully saturated rings. The maximum absolute atomic E-state index is 9.58. The second kappa shape index (κ2) is 5.96. The number of ether oxygens (including phenoxy) is 1. The highest BCUT2D eigenvalue weighted by atomic mass is 32.1. The molecule has 3 nitrogen and oxygen atoms in total. The number of thiophene rings is 1. The van der Waals surface area contributed by atoms with E-state index in [0.29, 0.717) is 6.61 Å². The molecule has 1 aromatic rings. The Labute approximate surface area is 107 Å². The SMILES string of the molecule is CCN(Cc1cccs1)CC1(CO)CCOC1. The first-order chi connectivity index (χ1) is 8.28. The Morgan fingerprint density at radius 3 is 3.00 bits per heavy atom. The maximum Gasteiger partial charge on any atom is 0.0557 e. The lowest BCUT2D eigenvalue weighted by molar-refractivity contribution is 0.0562. The van der Waals surface area contributed by atoms with Crippen molar-refractivity contribution in [1.29, 1.82) is 0 Å². The standard InChI is InChI=1S/C13H21NO2S/c1-2-14(8-12-4-3-7-17-12)9-13(10-15)5-6-16-11-13/h3-4,7,15H,2,5-6,8-11H2,1H3. The second-order valence-corrected chi connectivity index (χ2v) is 5.88. The van der Waals surface area contributed by atoms with Gasteiger partial charge in [-0.05, 0) is 24.4 Å². The van der Waals surface area contributed by atoms with Gasteiger partial charge in [0.2, 0.25) is 0 Å². The third-order valence-corrected chi connectivity index (χ3v) is 4.35. The number of nitrogens with zero attached hydrogens (tertiary/aromatic N) is 1. The highest BCUT2D eigenvalue weighted by molar-refractivity contribution is 7.09. The molecule has 17 heavy (non-hydrogen) atoms. The first kappa shape index (κ1) is 13.0.